The number of carbonyl (C=O) groups is 1. The molecule has 1 saturated heterocycles. The smallest absolute Gasteiger partial charge is 0.252 e. The van der Waals surface area contributed by atoms with Crippen molar-refractivity contribution >= 4 is 11.6 Å². The van der Waals surface area contributed by atoms with Crippen molar-refractivity contribution in [2.75, 3.05) is 11.9 Å². The minimum absolute atomic E-state index is 0.00839. The first-order valence-electron chi connectivity index (χ1n) is 8.54. The zero-order valence-electron chi connectivity index (χ0n) is 15.0. The zero-order valence-corrected chi connectivity index (χ0v) is 15.0. The summed E-state index contributed by atoms with van der Waals surface area (Å²) in [6.07, 6.45) is 6.52. The second kappa shape index (κ2) is 7.70. The molecule has 1 fully saturated rings. The number of amides is 1. The maximum atomic E-state index is 12.6. The van der Waals surface area contributed by atoms with E-state index >= 15 is 0 Å². The Morgan fingerprint density at radius 2 is 2.20 bits per heavy atom. The fourth-order valence-corrected chi connectivity index (χ4v) is 3.39. The van der Waals surface area contributed by atoms with E-state index in [0.717, 1.165) is 12.8 Å². The summed E-state index contributed by atoms with van der Waals surface area (Å²) in [7, 11) is 1.64. The molecule has 0 saturated carbocycles. The summed E-state index contributed by atoms with van der Waals surface area (Å²) in [5, 5.41) is 21.4. The molecule has 0 aliphatic carbocycles. The van der Waals surface area contributed by atoms with Gasteiger partial charge in [-0.1, -0.05) is 13.8 Å². The number of aromatic nitrogens is 1. The van der Waals surface area contributed by atoms with Crippen molar-refractivity contribution in [2.45, 2.75) is 51.6 Å². The van der Waals surface area contributed by atoms with E-state index in [1.54, 1.807) is 24.2 Å². The fourth-order valence-electron chi connectivity index (χ4n) is 3.39. The lowest BCUT2D eigenvalue weighted by Gasteiger charge is -2.31. The Bertz CT molecular complexity index is 720. The average molecular weight is 346 g/mol. The molecule has 1 amide bonds. The number of nitrogens with one attached hydrogen (secondary N) is 1. The van der Waals surface area contributed by atoms with Crippen LogP contribution in [0, 0.1) is 16.9 Å². The molecule has 7 heteroatoms. The van der Waals surface area contributed by atoms with E-state index < -0.39 is 6.04 Å². The summed E-state index contributed by atoms with van der Waals surface area (Å²) in [6.45, 7) is 4.23. The Morgan fingerprint density at radius 3 is 2.80 bits per heavy atom. The fraction of sp³-hybridized carbons (Fsp3) is 0.611. The number of hydrogen-bond acceptors (Lipinski definition) is 5. The van der Waals surface area contributed by atoms with Crippen molar-refractivity contribution in [1.29, 1.82) is 5.26 Å². The Balaban J connectivity index is 2.06. The van der Waals surface area contributed by atoms with Crippen LogP contribution in [-0.2, 0) is 11.8 Å². The Morgan fingerprint density at radius 1 is 1.48 bits per heavy atom. The summed E-state index contributed by atoms with van der Waals surface area (Å²) in [4.78, 5) is 25.8. The van der Waals surface area contributed by atoms with Crippen LogP contribution in [0.4, 0.5) is 5.69 Å². The van der Waals surface area contributed by atoms with Gasteiger partial charge in [-0.25, -0.2) is 0 Å². The van der Waals surface area contributed by atoms with Crippen LogP contribution in [-0.4, -0.2) is 39.2 Å². The number of aliphatic hydroxyl groups is 1. The molecule has 25 heavy (non-hydrogen) atoms. The second-order valence-corrected chi connectivity index (χ2v) is 7.45. The molecule has 1 aliphatic heterocycles. The third-order valence-corrected chi connectivity index (χ3v) is 4.87. The van der Waals surface area contributed by atoms with E-state index in [4.69, 9.17) is 0 Å². The normalized spacial score (nSPS) is 20.4. The largest absolute Gasteiger partial charge is 0.396 e. The van der Waals surface area contributed by atoms with Crippen LogP contribution in [0.5, 0.6) is 0 Å². The SMILES string of the molecule is Cn1ccc(NC(=O)C2CCC(CC(C)(C)CCO)N2C#N)cc1=O. The van der Waals surface area contributed by atoms with Crippen LogP contribution in [0.25, 0.3) is 0 Å². The van der Waals surface area contributed by atoms with E-state index in [1.807, 2.05) is 0 Å². The highest BCUT2D eigenvalue weighted by Crippen LogP contribution is 2.35. The highest BCUT2D eigenvalue weighted by molar-refractivity contribution is 5.95. The number of hydrogen-bond donors (Lipinski definition) is 2. The lowest BCUT2D eigenvalue weighted by atomic mass is 9.82. The van der Waals surface area contributed by atoms with E-state index in [-0.39, 0.29) is 29.5 Å². The highest BCUT2D eigenvalue weighted by Gasteiger charge is 2.39. The van der Waals surface area contributed by atoms with E-state index in [2.05, 4.69) is 25.4 Å². The molecule has 7 nitrogen and oxygen atoms in total. The van der Waals surface area contributed by atoms with Crippen molar-refractivity contribution in [2.24, 2.45) is 12.5 Å². The van der Waals surface area contributed by atoms with Crippen LogP contribution in [0.1, 0.15) is 39.5 Å². The summed E-state index contributed by atoms with van der Waals surface area (Å²) < 4.78 is 1.42. The molecule has 2 atom stereocenters. The standard InChI is InChI=1S/C18H26N4O3/c1-18(2,7-9-23)11-14-4-5-15(22(14)12-19)17(25)20-13-6-8-21(3)16(24)10-13/h6,8,10,14-15,23H,4-5,7,9,11H2,1-3H3,(H,20,25). The van der Waals surface area contributed by atoms with Gasteiger partial charge >= 0.3 is 0 Å². The number of pyridine rings is 1. The molecule has 2 unspecified atom stereocenters. The van der Waals surface area contributed by atoms with Gasteiger partial charge in [0.1, 0.15) is 6.04 Å². The predicted octanol–water partition coefficient (Wildman–Crippen LogP) is 1.44. The van der Waals surface area contributed by atoms with Crippen molar-refractivity contribution < 1.29 is 9.90 Å². The number of anilines is 1. The molecule has 1 aromatic rings. The van der Waals surface area contributed by atoms with Crippen LogP contribution >= 0.6 is 0 Å². The number of nitriles is 1. The monoisotopic (exact) mass is 346 g/mol. The molecule has 2 heterocycles. The molecule has 2 N–H and O–H groups in total. The van der Waals surface area contributed by atoms with Gasteiger partial charge < -0.3 is 15.0 Å². The summed E-state index contributed by atoms with van der Waals surface area (Å²) in [6, 6.07) is 2.49. The number of aliphatic hydroxyl groups excluding tert-OH is 1. The Labute approximate surface area is 147 Å². The first kappa shape index (κ1) is 19.0. The molecule has 0 bridgehead atoms. The molecule has 1 aromatic heterocycles. The molecule has 0 spiro atoms. The van der Waals surface area contributed by atoms with Crippen LogP contribution in [0.3, 0.4) is 0 Å². The summed E-state index contributed by atoms with van der Waals surface area (Å²) in [5.41, 5.74) is 0.144. The van der Waals surface area contributed by atoms with Gasteiger partial charge in [-0.15, -0.1) is 0 Å². The molecule has 2 rings (SSSR count). The van der Waals surface area contributed by atoms with Gasteiger partial charge in [0.05, 0.1) is 0 Å². The van der Waals surface area contributed by atoms with Gasteiger partial charge in [0.15, 0.2) is 6.19 Å². The minimum Gasteiger partial charge on any atom is -0.396 e. The number of nitrogens with zero attached hydrogens (tertiary/aromatic N) is 3. The molecule has 1 aliphatic rings. The number of aryl methyl sites for hydroxylation is 1. The van der Waals surface area contributed by atoms with Gasteiger partial charge in [-0.05, 0) is 37.2 Å². The lowest BCUT2D eigenvalue weighted by molar-refractivity contribution is -0.119. The predicted molar refractivity (Wildman–Crippen MR) is 94.7 cm³/mol. The maximum Gasteiger partial charge on any atom is 0.252 e. The van der Waals surface area contributed by atoms with Gasteiger partial charge in [0.25, 0.3) is 5.56 Å². The van der Waals surface area contributed by atoms with Crippen LogP contribution in [0.15, 0.2) is 23.1 Å². The first-order chi connectivity index (χ1) is 11.8. The average Bonchev–Trinajstić information content (AvgIpc) is 2.92. The number of rotatable bonds is 6. The number of carbonyl (C=O) groups excluding carboxylic acids is 1. The molecular formula is C18H26N4O3. The quantitative estimate of drug-likeness (QED) is 0.760. The second-order valence-electron chi connectivity index (χ2n) is 7.45. The van der Waals surface area contributed by atoms with Gasteiger partial charge in [-0.2, -0.15) is 5.26 Å². The van der Waals surface area contributed by atoms with Crippen molar-refractivity contribution in [3.05, 3.63) is 28.7 Å². The maximum absolute atomic E-state index is 12.6. The van der Waals surface area contributed by atoms with Crippen molar-refractivity contribution in [3.8, 4) is 6.19 Å². The topological polar surface area (TPSA) is 98.4 Å². The third kappa shape index (κ3) is 4.60. The third-order valence-electron chi connectivity index (χ3n) is 4.87. The van der Waals surface area contributed by atoms with Gasteiger partial charge in [-0.3, -0.25) is 14.5 Å². The van der Waals surface area contributed by atoms with Crippen molar-refractivity contribution in [3.63, 3.8) is 0 Å². The molecule has 0 aromatic carbocycles. The summed E-state index contributed by atoms with van der Waals surface area (Å²) in [5.74, 6) is -0.266. The van der Waals surface area contributed by atoms with Crippen molar-refractivity contribution in [1.82, 2.24) is 9.47 Å². The lowest BCUT2D eigenvalue weighted by Crippen LogP contribution is -2.41. The van der Waals surface area contributed by atoms with Gasteiger partial charge in [0, 0.05) is 37.6 Å². The zero-order chi connectivity index (χ0) is 18.6. The van der Waals surface area contributed by atoms with E-state index in [1.165, 1.54) is 10.6 Å². The Hall–Kier alpha value is -2.33. The highest BCUT2D eigenvalue weighted by atomic mass is 16.3. The molecule has 136 valence electrons. The molecular weight excluding hydrogens is 320 g/mol. The van der Waals surface area contributed by atoms with E-state index in [9.17, 15) is 20.0 Å². The van der Waals surface area contributed by atoms with Gasteiger partial charge in [0.2, 0.25) is 5.91 Å². The minimum atomic E-state index is -0.524. The number of likely N-dealkylation sites (tertiary alicyclic amines) is 1. The molecule has 0 radical (unpaired) electrons. The summed E-state index contributed by atoms with van der Waals surface area (Å²) >= 11 is 0. The Kier molecular flexibility index (Phi) is 5.85. The van der Waals surface area contributed by atoms with Crippen LogP contribution < -0.4 is 10.9 Å². The van der Waals surface area contributed by atoms with E-state index in [0.29, 0.717) is 18.5 Å². The van der Waals surface area contributed by atoms with Crippen LogP contribution in [0.2, 0.25) is 0 Å². The first-order valence-corrected chi connectivity index (χ1v) is 8.54.